The van der Waals surface area contributed by atoms with E-state index in [4.69, 9.17) is 30.4 Å². The predicted molar refractivity (Wildman–Crippen MR) is 171 cm³/mol. The van der Waals surface area contributed by atoms with Crippen LogP contribution in [0.5, 0.6) is 5.75 Å². The van der Waals surface area contributed by atoms with Gasteiger partial charge in [-0.1, -0.05) is 30.7 Å². The Labute approximate surface area is 293 Å². The molecule has 0 saturated heterocycles. The van der Waals surface area contributed by atoms with Crippen LogP contribution in [0.3, 0.4) is 0 Å². The van der Waals surface area contributed by atoms with Crippen molar-refractivity contribution in [2.45, 2.75) is 88.3 Å². The molecule has 5 rings (SSSR count). The van der Waals surface area contributed by atoms with Crippen molar-refractivity contribution >= 4 is 23.7 Å². The number of halogens is 1. The minimum Gasteiger partial charge on any atom is -0.465 e. The molecule has 4 aliphatic carbocycles. The predicted octanol–water partition coefficient (Wildman–Crippen LogP) is 2.05. The van der Waals surface area contributed by atoms with E-state index in [-0.39, 0.29) is 50.4 Å². The molecule has 0 bridgehead atoms. The van der Waals surface area contributed by atoms with Crippen LogP contribution in [0, 0.1) is 22.7 Å². The number of hydrogen-bond donors (Lipinski definition) is 6. The molecule has 9 atom stereocenters. The lowest BCUT2D eigenvalue weighted by Crippen LogP contribution is -2.69. The third-order valence-electron chi connectivity index (χ3n) is 11.5. The van der Waals surface area contributed by atoms with Crippen molar-refractivity contribution in [3.05, 3.63) is 53.6 Å². The van der Waals surface area contributed by atoms with Gasteiger partial charge in [-0.25, -0.2) is 9.18 Å². The van der Waals surface area contributed by atoms with Crippen molar-refractivity contribution in [2.24, 2.45) is 28.4 Å². The van der Waals surface area contributed by atoms with Crippen molar-refractivity contribution in [1.82, 2.24) is 5.39 Å². The summed E-state index contributed by atoms with van der Waals surface area (Å²) in [5, 5.41) is 50.9. The fraction of sp³-hybridized carbons (Fsp3) is 0.600. The second kappa shape index (κ2) is 14.8. The summed E-state index contributed by atoms with van der Waals surface area (Å²) in [5.41, 5.74) is -0.323. The van der Waals surface area contributed by atoms with Crippen LogP contribution in [-0.2, 0) is 35.1 Å². The number of ether oxygens (including phenoxy) is 3. The molecule has 0 radical (unpaired) electrons. The van der Waals surface area contributed by atoms with Gasteiger partial charge < -0.3 is 35.3 Å². The van der Waals surface area contributed by atoms with Crippen molar-refractivity contribution in [3.63, 3.8) is 0 Å². The Morgan fingerprint density at radius 3 is 2.41 bits per heavy atom. The number of allylic oxidation sites excluding steroid dienone is 4. The van der Waals surface area contributed by atoms with Crippen LogP contribution in [-0.4, -0.2) is 104 Å². The monoisotopic (exact) mass is 720 g/mol. The van der Waals surface area contributed by atoms with E-state index in [1.54, 1.807) is 19.1 Å². The van der Waals surface area contributed by atoms with Gasteiger partial charge in [-0.3, -0.25) is 29.6 Å². The highest BCUT2D eigenvalue weighted by Crippen LogP contribution is 2.69. The second-order valence-corrected chi connectivity index (χ2v) is 14.3. The maximum atomic E-state index is 17.3. The van der Waals surface area contributed by atoms with Crippen molar-refractivity contribution in [1.29, 1.82) is 0 Å². The van der Waals surface area contributed by atoms with E-state index in [0.717, 1.165) is 0 Å². The minimum atomic E-state index is -2.46. The molecule has 0 aliphatic heterocycles. The van der Waals surface area contributed by atoms with Crippen LogP contribution in [0.2, 0.25) is 0 Å². The van der Waals surface area contributed by atoms with E-state index in [1.807, 2.05) is 0 Å². The summed E-state index contributed by atoms with van der Waals surface area (Å²) in [6.45, 7) is 2.28. The van der Waals surface area contributed by atoms with E-state index < -0.39 is 82.1 Å². The summed E-state index contributed by atoms with van der Waals surface area (Å²) < 4.78 is 32.6. The summed E-state index contributed by atoms with van der Waals surface area (Å²) in [6.07, 6.45) is 0.667. The second-order valence-electron chi connectivity index (χ2n) is 14.3. The van der Waals surface area contributed by atoms with Crippen molar-refractivity contribution < 1.29 is 68.4 Å². The number of fused-ring (bicyclic) bond motifs is 5. The van der Waals surface area contributed by atoms with Gasteiger partial charge in [0.15, 0.2) is 23.7 Å². The Balaban J connectivity index is 1.15. The summed E-state index contributed by atoms with van der Waals surface area (Å²) >= 11 is 0. The molecule has 7 N–H and O–H groups in total. The minimum absolute atomic E-state index is 0.0105. The molecule has 0 aromatic heterocycles. The lowest BCUT2D eigenvalue weighted by atomic mass is 9.44. The molecule has 280 valence electrons. The van der Waals surface area contributed by atoms with Gasteiger partial charge in [-0.2, -0.15) is 0 Å². The third kappa shape index (κ3) is 6.99. The fourth-order valence-corrected chi connectivity index (χ4v) is 8.75. The van der Waals surface area contributed by atoms with Crippen LogP contribution in [0.4, 0.5) is 9.18 Å². The molecule has 0 amide bonds. The normalized spacial score (nSPS) is 34.5. The molecule has 1 aromatic rings. The van der Waals surface area contributed by atoms with Crippen LogP contribution in [0.15, 0.2) is 48.1 Å². The highest BCUT2D eigenvalue weighted by Gasteiger charge is 2.76. The van der Waals surface area contributed by atoms with E-state index >= 15 is 4.39 Å². The molecule has 0 unspecified atom stereocenters. The molecule has 1 aromatic carbocycles. The molecule has 3 fully saturated rings. The largest absolute Gasteiger partial charge is 0.514 e. The number of hydrogen-bond acceptors (Lipinski definition) is 15. The van der Waals surface area contributed by atoms with Gasteiger partial charge in [0.05, 0.1) is 30.8 Å². The van der Waals surface area contributed by atoms with Gasteiger partial charge in [0, 0.05) is 16.7 Å². The number of ketones is 2. The SMILES string of the molecule is C[C@]12C=CC(=O)C=C1CC[C@H]1[C@@H]3C[C@@H](O)[C@](O)(C(=O)COC(=O)Oc4ccc(C[C@H](N)C(=O)OCCCCON(O)O)cc4)[C@@]3(C)C[C@H](O)[C@@]12F. The van der Waals surface area contributed by atoms with Crippen molar-refractivity contribution in [3.8, 4) is 5.75 Å². The number of nitrogens with two attached hydrogens (primary N) is 1. The number of unbranched alkanes of at least 4 members (excludes halogenated alkanes) is 1. The number of rotatable bonds is 13. The topological polar surface area (TPSA) is 236 Å². The molecule has 0 heterocycles. The Hall–Kier alpha value is -3.61. The van der Waals surface area contributed by atoms with E-state index in [0.29, 0.717) is 30.4 Å². The molecule has 3 saturated carbocycles. The van der Waals surface area contributed by atoms with Crippen LogP contribution < -0.4 is 10.5 Å². The maximum absolute atomic E-state index is 17.3. The third-order valence-corrected chi connectivity index (χ3v) is 11.5. The molecule has 0 spiro atoms. The maximum Gasteiger partial charge on any atom is 0.514 e. The van der Waals surface area contributed by atoms with Gasteiger partial charge in [-0.15, -0.1) is 0 Å². The first-order valence-electron chi connectivity index (χ1n) is 16.9. The molecule has 16 heteroatoms. The van der Waals surface area contributed by atoms with Gasteiger partial charge in [0.25, 0.3) is 0 Å². The number of aliphatic hydroxyl groups is 3. The van der Waals surface area contributed by atoms with Gasteiger partial charge in [0.2, 0.25) is 5.78 Å². The summed E-state index contributed by atoms with van der Waals surface area (Å²) in [4.78, 5) is 54.7. The van der Waals surface area contributed by atoms with Crippen molar-refractivity contribution in [2.75, 3.05) is 19.8 Å². The summed E-state index contributed by atoms with van der Waals surface area (Å²) in [6, 6.07) is 4.95. The average Bonchev–Trinajstić information content (AvgIpc) is 3.28. The van der Waals surface area contributed by atoms with Crippen LogP contribution in [0.25, 0.3) is 0 Å². The summed E-state index contributed by atoms with van der Waals surface area (Å²) in [7, 11) is 0. The van der Waals surface area contributed by atoms with E-state index in [2.05, 4.69) is 4.84 Å². The Morgan fingerprint density at radius 1 is 1.04 bits per heavy atom. The smallest absolute Gasteiger partial charge is 0.465 e. The zero-order valence-electron chi connectivity index (χ0n) is 28.4. The van der Waals surface area contributed by atoms with Gasteiger partial charge in [0.1, 0.15) is 11.8 Å². The number of carbonyl (C=O) groups is 4. The Morgan fingerprint density at radius 2 is 1.73 bits per heavy atom. The molecule has 51 heavy (non-hydrogen) atoms. The Kier molecular flexibility index (Phi) is 11.2. The van der Waals surface area contributed by atoms with Crippen LogP contribution in [0.1, 0.15) is 57.9 Å². The first-order chi connectivity index (χ1) is 24.0. The number of aliphatic hydroxyl groups excluding tert-OH is 2. The van der Waals surface area contributed by atoms with Gasteiger partial charge >= 0.3 is 12.1 Å². The highest BCUT2D eigenvalue weighted by atomic mass is 19.1. The quantitative estimate of drug-likeness (QED) is 0.0740. The number of benzene rings is 1. The number of carbonyl (C=O) groups excluding carboxylic acids is 4. The van der Waals surface area contributed by atoms with Crippen LogP contribution >= 0.6 is 0 Å². The summed E-state index contributed by atoms with van der Waals surface area (Å²) in [5.74, 6) is -3.45. The lowest BCUT2D eigenvalue weighted by Gasteiger charge is -2.62. The number of Topliss-reactive ketones (excluding diaryl/α,β-unsaturated/α-hetero) is 1. The number of alkyl halides is 1. The standard InChI is InChI=1S/C35H45FN2O13/c1-32-12-11-22(39)16-21(32)7-10-24-25-17-27(40)35(45,33(25,2)18-28(41)34(24,32)36)29(42)19-49-31(44)51-23-8-5-20(6-9-23)15-26(37)30(43)48-13-3-4-14-50-38(46)47/h5-6,8-9,11-12,16,24-28,40-41,45-47H,3-4,7,10,13-15,17-19,37H2,1-2H3/t24-,25-,26-,27+,28-,32-,33-,34-,35-/m0/s1. The number of nitrogens with zero attached hydrogens (tertiary/aromatic N) is 1. The molecule has 15 nitrogen and oxygen atoms in total. The number of esters is 1. The zero-order chi connectivity index (χ0) is 37.4. The molecule has 4 aliphatic rings. The molecular weight excluding hydrogens is 675 g/mol. The molecular formula is C35H45FN2O13. The van der Waals surface area contributed by atoms with Gasteiger partial charge in [-0.05, 0) is 87.6 Å². The first-order valence-corrected chi connectivity index (χ1v) is 16.9. The Bertz CT molecular complexity index is 1570. The average molecular weight is 721 g/mol. The highest BCUT2D eigenvalue weighted by molar-refractivity contribution is 6.01. The fourth-order valence-electron chi connectivity index (χ4n) is 8.75. The zero-order valence-corrected chi connectivity index (χ0v) is 28.4. The lowest BCUT2D eigenvalue weighted by molar-refractivity contribution is -0.492. The van der Waals surface area contributed by atoms with E-state index in [1.165, 1.54) is 37.3 Å². The first kappa shape index (κ1) is 38.6. The van der Waals surface area contributed by atoms with E-state index in [9.17, 15) is 34.5 Å².